The Balaban J connectivity index is 4.91. The van der Waals surface area contributed by atoms with E-state index in [0.29, 0.717) is 13.3 Å². The van der Waals surface area contributed by atoms with Crippen molar-refractivity contribution >= 4 is 7.14 Å². The summed E-state index contributed by atoms with van der Waals surface area (Å²) in [5.74, 6) is 0. The molecule has 0 aliphatic carbocycles. The molecule has 0 aromatic carbocycles. The molecule has 0 saturated carbocycles. The van der Waals surface area contributed by atoms with Gasteiger partial charge in [0.05, 0.1) is 0 Å². The summed E-state index contributed by atoms with van der Waals surface area (Å²) in [6.07, 6.45) is -5.72. The molecule has 0 unspecified atom stereocenters. The smallest absolute Gasteiger partial charge is 0.317 e. The predicted octanol–water partition coefficient (Wildman–Crippen LogP) is 2.76. The molecule has 0 radical (unpaired) electrons. The molecule has 0 bridgehead atoms. The molecule has 68 valence electrons. The summed E-state index contributed by atoms with van der Waals surface area (Å²) in [6.45, 7) is 0.807. The van der Waals surface area contributed by atoms with E-state index >= 15 is 0 Å². The first-order chi connectivity index (χ1) is 4.50. The lowest BCUT2D eigenvalue weighted by Crippen LogP contribution is -2.35. The van der Waals surface area contributed by atoms with Crippen molar-refractivity contribution in [1.82, 2.24) is 0 Å². The zero-order chi connectivity index (χ0) is 9.50. The van der Waals surface area contributed by atoms with Crippen molar-refractivity contribution in [1.29, 1.82) is 0 Å². The third-order valence-corrected chi connectivity index (χ3v) is 2.62. The molecule has 0 rings (SSSR count). The van der Waals surface area contributed by atoms with E-state index in [0.717, 1.165) is 0 Å². The Morgan fingerprint density at radius 3 is 1.27 bits per heavy atom. The minimum absolute atomic E-state index is 0.403. The van der Waals surface area contributed by atoms with E-state index < -0.39 is 19.0 Å². The fourth-order valence-corrected chi connectivity index (χ4v) is 0.916. The number of alkyl halides is 5. The monoisotopic (exact) mass is 196 g/mol. The van der Waals surface area contributed by atoms with Crippen LogP contribution in [0.4, 0.5) is 22.0 Å². The van der Waals surface area contributed by atoms with E-state index in [1.54, 1.807) is 0 Å². The predicted molar refractivity (Wildman–Crippen MR) is 30.5 cm³/mol. The summed E-state index contributed by atoms with van der Waals surface area (Å²) in [6, 6.07) is 0. The van der Waals surface area contributed by atoms with Gasteiger partial charge in [-0.25, -0.2) is 0 Å². The van der Waals surface area contributed by atoms with Crippen LogP contribution in [0.25, 0.3) is 0 Å². The Labute approximate surface area is 60.0 Å². The first kappa shape index (κ1) is 10.9. The number of hydrogen-bond acceptors (Lipinski definition) is 1. The van der Waals surface area contributed by atoms with Crippen LogP contribution in [0.5, 0.6) is 0 Å². The van der Waals surface area contributed by atoms with Crippen molar-refractivity contribution < 1.29 is 26.5 Å². The van der Waals surface area contributed by atoms with Gasteiger partial charge in [-0.05, 0) is 13.3 Å². The largest absolute Gasteiger partial charge is 0.460 e. The van der Waals surface area contributed by atoms with Crippen LogP contribution in [0.15, 0.2) is 0 Å². The molecule has 0 spiro atoms. The molecule has 0 aromatic heterocycles. The molecule has 0 aromatic rings. The van der Waals surface area contributed by atoms with Crippen molar-refractivity contribution in [3.8, 4) is 0 Å². The average molecular weight is 196 g/mol. The highest BCUT2D eigenvalue weighted by atomic mass is 31.2. The van der Waals surface area contributed by atoms with Crippen molar-refractivity contribution in [2.75, 3.05) is 13.3 Å². The second-order valence-electron chi connectivity index (χ2n) is 2.39. The Bertz CT molecular complexity index is 189. The molecular weight excluding hydrogens is 190 g/mol. The second-order valence-corrected chi connectivity index (χ2v) is 5.65. The lowest BCUT2D eigenvalue weighted by Gasteiger charge is -2.22. The van der Waals surface area contributed by atoms with Crippen LogP contribution < -0.4 is 0 Å². The van der Waals surface area contributed by atoms with Crippen molar-refractivity contribution in [2.45, 2.75) is 11.8 Å². The van der Waals surface area contributed by atoms with E-state index in [4.69, 9.17) is 0 Å². The van der Waals surface area contributed by atoms with Crippen LogP contribution in [0.3, 0.4) is 0 Å². The molecule has 0 aliphatic rings. The van der Waals surface area contributed by atoms with Gasteiger partial charge in [0, 0.05) is 0 Å². The maximum atomic E-state index is 12.0. The molecule has 0 atom stereocenters. The van der Waals surface area contributed by atoms with Crippen molar-refractivity contribution in [2.24, 2.45) is 0 Å². The summed E-state index contributed by atoms with van der Waals surface area (Å²) in [5, 5.41) is 0. The standard InChI is InChI=1S/C4H6F5OP/c1-11(2,10)4(8,9)3(5,6)7/h1-2H3. The topological polar surface area (TPSA) is 17.1 Å². The van der Waals surface area contributed by atoms with Crippen LogP contribution in [-0.4, -0.2) is 25.2 Å². The molecule has 0 amide bonds. The van der Waals surface area contributed by atoms with E-state index in [-0.39, 0.29) is 0 Å². The van der Waals surface area contributed by atoms with Gasteiger partial charge >= 0.3 is 11.8 Å². The zero-order valence-corrected chi connectivity index (χ0v) is 6.64. The van der Waals surface area contributed by atoms with Crippen LogP contribution in [0.2, 0.25) is 0 Å². The van der Waals surface area contributed by atoms with E-state index in [1.807, 2.05) is 0 Å². The quantitative estimate of drug-likeness (QED) is 0.465. The molecule has 7 heteroatoms. The summed E-state index contributed by atoms with van der Waals surface area (Å²) in [4.78, 5) is 0. The molecule has 11 heavy (non-hydrogen) atoms. The normalized spacial score (nSPS) is 15.2. The molecule has 0 N–H and O–H groups in total. The third kappa shape index (κ3) is 1.92. The van der Waals surface area contributed by atoms with Crippen molar-refractivity contribution in [3.05, 3.63) is 0 Å². The van der Waals surface area contributed by atoms with E-state index in [1.165, 1.54) is 0 Å². The van der Waals surface area contributed by atoms with Gasteiger partial charge in [-0.2, -0.15) is 22.0 Å². The molecule has 0 aliphatic heterocycles. The number of rotatable bonds is 1. The maximum absolute atomic E-state index is 12.0. The SMILES string of the molecule is CP(C)(=O)C(F)(F)C(F)(F)F. The molecule has 0 fully saturated rings. The Morgan fingerprint density at radius 2 is 1.27 bits per heavy atom. The number of hydrogen-bond donors (Lipinski definition) is 0. The van der Waals surface area contributed by atoms with Gasteiger partial charge in [-0.3, -0.25) is 0 Å². The minimum Gasteiger partial charge on any atom is -0.317 e. The molecule has 1 nitrogen and oxygen atoms in total. The van der Waals surface area contributed by atoms with Gasteiger partial charge in [0.25, 0.3) is 0 Å². The number of halogens is 5. The zero-order valence-electron chi connectivity index (χ0n) is 5.75. The van der Waals surface area contributed by atoms with Gasteiger partial charge in [-0.1, -0.05) is 0 Å². The summed E-state index contributed by atoms with van der Waals surface area (Å²) in [5.41, 5.74) is -5.07. The maximum Gasteiger partial charge on any atom is 0.460 e. The Morgan fingerprint density at radius 1 is 1.00 bits per heavy atom. The van der Waals surface area contributed by atoms with Gasteiger partial charge in [0.1, 0.15) is 0 Å². The van der Waals surface area contributed by atoms with Gasteiger partial charge in [0.15, 0.2) is 7.14 Å². The first-order valence-corrected chi connectivity index (χ1v) is 5.10. The van der Waals surface area contributed by atoms with Crippen LogP contribution in [0, 0.1) is 0 Å². The summed E-state index contributed by atoms with van der Waals surface area (Å²) >= 11 is 0. The van der Waals surface area contributed by atoms with Crippen molar-refractivity contribution in [3.63, 3.8) is 0 Å². The average Bonchev–Trinajstić information content (AvgIpc) is 1.58. The minimum atomic E-state index is -5.72. The summed E-state index contributed by atoms with van der Waals surface area (Å²) < 4.78 is 68.7. The highest BCUT2D eigenvalue weighted by Crippen LogP contribution is 2.61. The Kier molecular flexibility index (Phi) is 2.41. The first-order valence-electron chi connectivity index (χ1n) is 2.50. The van der Waals surface area contributed by atoms with E-state index in [2.05, 4.69) is 0 Å². The fraction of sp³-hybridized carbons (Fsp3) is 1.00. The van der Waals surface area contributed by atoms with E-state index in [9.17, 15) is 26.5 Å². The van der Waals surface area contributed by atoms with Gasteiger partial charge in [-0.15, -0.1) is 0 Å². The lowest BCUT2D eigenvalue weighted by molar-refractivity contribution is -0.242. The van der Waals surface area contributed by atoms with Gasteiger partial charge in [0.2, 0.25) is 0 Å². The second kappa shape index (κ2) is 2.44. The van der Waals surface area contributed by atoms with Crippen LogP contribution in [-0.2, 0) is 4.57 Å². The molecule has 0 saturated heterocycles. The lowest BCUT2D eigenvalue weighted by atomic mass is 10.7. The summed E-state index contributed by atoms with van der Waals surface area (Å²) in [7, 11) is -4.45. The fourth-order valence-electron chi connectivity index (χ4n) is 0.305. The van der Waals surface area contributed by atoms with Gasteiger partial charge < -0.3 is 4.57 Å². The highest BCUT2D eigenvalue weighted by molar-refractivity contribution is 7.63. The van der Waals surface area contributed by atoms with Crippen LogP contribution in [0.1, 0.15) is 0 Å². The van der Waals surface area contributed by atoms with Crippen LogP contribution >= 0.6 is 7.14 Å². The molecular formula is C4H6F5OP. The Hall–Kier alpha value is -0.120. The molecule has 0 heterocycles. The highest BCUT2D eigenvalue weighted by Gasteiger charge is 2.64. The third-order valence-electron chi connectivity index (χ3n) is 1.02.